The first-order valence-corrected chi connectivity index (χ1v) is 8.97. The molecule has 0 amide bonds. The fourth-order valence-corrected chi connectivity index (χ4v) is 2.64. The van der Waals surface area contributed by atoms with Gasteiger partial charge in [0, 0.05) is 5.97 Å². The Morgan fingerprint density at radius 1 is 0.636 bits per heavy atom. The van der Waals surface area contributed by atoms with Gasteiger partial charge >= 0.3 is 26.2 Å². The van der Waals surface area contributed by atoms with Gasteiger partial charge in [-0.05, 0) is 12.8 Å². The summed E-state index contributed by atoms with van der Waals surface area (Å²) in [7, 11) is 0. The van der Waals surface area contributed by atoms with E-state index < -0.39 is 5.97 Å². The van der Waals surface area contributed by atoms with E-state index in [2.05, 4.69) is 6.92 Å². The molecule has 22 heavy (non-hydrogen) atoms. The largest absolute Gasteiger partial charge is 3.00 e. The molecule has 1 radical (unpaired) electrons. The van der Waals surface area contributed by atoms with Crippen LogP contribution >= 0.6 is 0 Å². The van der Waals surface area contributed by atoms with Crippen molar-refractivity contribution in [3.05, 3.63) is 0 Å². The van der Waals surface area contributed by atoms with Crippen LogP contribution in [0.15, 0.2) is 0 Å². The summed E-state index contributed by atoms with van der Waals surface area (Å²) < 4.78 is 0. The third-order valence-electron chi connectivity index (χ3n) is 3.98. The van der Waals surface area contributed by atoms with Gasteiger partial charge in [0.15, 0.2) is 0 Å². The first kappa shape index (κ1) is 27.2. The molecule has 4 heteroatoms. The van der Waals surface area contributed by atoms with E-state index >= 15 is 0 Å². The van der Waals surface area contributed by atoms with E-state index in [1.165, 1.54) is 83.5 Å². The number of hydrogen-bond acceptors (Lipinski definition) is 2. The molecule has 129 valence electrons. The second-order valence-corrected chi connectivity index (χ2v) is 6.07. The fraction of sp³-hybridized carbons (Fsp3) is 0.944. The molecule has 0 aliphatic carbocycles. The monoisotopic (exact) mass is 389 g/mol. The molecule has 0 bridgehead atoms. The van der Waals surface area contributed by atoms with Crippen molar-refractivity contribution in [3.8, 4) is 0 Å². The normalized spacial score (nSPS) is 9.86. The van der Waals surface area contributed by atoms with Crippen molar-refractivity contribution < 1.29 is 41.6 Å². The minimum atomic E-state index is -0.903. The van der Waals surface area contributed by atoms with Gasteiger partial charge in [-0.25, -0.2) is 0 Å². The van der Waals surface area contributed by atoms with Crippen molar-refractivity contribution in [1.29, 1.82) is 0 Å². The van der Waals surface area contributed by atoms with E-state index in [1.807, 2.05) is 0 Å². The number of hydrogen-bond donors (Lipinski definition) is 0. The summed E-state index contributed by atoms with van der Waals surface area (Å²) in [6, 6.07) is 0. The molecular weight excluding hydrogens is 355 g/mol. The molecule has 0 aliphatic heterocycles. The topological polar surface area (TPSA) is 68.6 Å². The molecule has 0 heterocycles. The van der Waals surface area contributed by atoms with Crippen LogP contribution in [0.2, 0.25) is 0 Å². The predicted octanol–water partition coefficient (Wildman–Crippen LogP) is 4.88. The number of unbranched alkanes of at least 4 members (excludes halogenated alkanes) is 14. The maximum absolute atomic E-state index is 10.2. The summed E-state index contributed by atoms with van der Waals surface area (Å²) in [5, 5.41) is 10.2. The summed E-state index contributed by atoms with van der Waals surface area (Å²) >= 11 is 0. The molecule has 0 aromatic rings. The number of rotatable bonds is 16. The molecule has 0 spiro atoms. The smallest absolute Gasteiger partial charge is 2.00 e. The van der Waals surface area contributed by atoms with E-state index in [-0.39, 0.29) is 38.1 Å². The Kier molecular flexibility index (Phi) is 29.1. The standard InChI is InChI=1S/C18H36O2.O.Zr/c1-2-3-4-5-6-7-8-9-10-11-12-13-14-15-16-17-18(19)20;;/h2-17H2,1H3,(H,19,20);;/q;-2;+3/p-1. The average Bonchev–Trinajstić information content (AvgIpc) is 2.43. The van der Waals surface area contributed by atoms with Gasteiger partial charge in [-0.3, -0.25) is 0 Å². The zero-order valence-electron chi connectivity index (χ0n) is 14.5. The van der Waals surface area contributed by atoms with E-state index in [0.717, 1.165) is 12.8 Å². The van der Waals surface area contributed by atoms with Gasteiger partial charge in [-0.2, -0.15) is 0 Å². The van der Waals surface area contributed by atoms with Gasteiger partial charge < -0.3 is 15.4 Å². The van der Waals surface area contributed by atoms with Crippen LogP contribution in [0.5, 0.6) is 0 Å². The molecule has 0 aromatic carbocycles. The van der Waals surface area contributed by atoms with Crippen LogP contribution in [0.4, 0.5) is 0 Å². The van der Waals surface area contributed by atoms with Crippen LogP contribution in [0, 0.1) is 0 Å². The Balaban J connectivity index is -0.00000180. The van der Waals surface area contributed by atoms with E-state index in [1.54, 1.807) is 0 Å². The minimum absolute atomic E-state index is 0. The Labute approximate surface area is 157 Å². The number of carbonyl (C=O) groups excluding carboxylic acids is 1. The molecule has 0 atom stereocenters. The first-order chi connectivity index (χ1) is 9.77. The van der Waals surface area contributed by atoms with Crippen molar-refractivity contribution in [1.82, 2.24) is 0 Å². The van der Waals surface area contributed by atoms with Gasteiger partial charge in [0.1, 0.15) is 0 Å². The van der Waals surface area contributed by atoms with Crippen molar-refractivity contribution in [2.24, 2.45) is 0 Å². The number of carboxylic acids is 1. The Morgan fingerprint density at radius 3 is 1.18 bits per heavy atom. The molecule has 0 saturated carbocycles. The number of aliphatic carboxylic acids is 1. The van der Waals surface area contributed by atoms with E-state index in [9.17, 15) is 9.90 Å². The Bertz CT molecular complexity index is 211. The molecule has 0 rings (SSSR count). The fourth-order valence-electron chi connectivity index (χ4n) is 2.64. The van der Waals surface area contributed by atoms with Crippen molar-refractivity contribution in [2.45, 2.75) is 110 Å². The van der Waals surface area contributed by atoms with E-state index in [4.69, 9.17) is 0 Å². The van der Waals surface area contributed by atoms with Crippen molar-refractivity contribution in [3.63, 3.8) is 0 Å². The molecule has 0 saturated heterocycles. The second-order valence-electron chi connectivity index (χ2n) is 6.07. The minimum Gasteiger partial charge on any atom is -2.00 e. The molecule has 0 unspecified atom stereocenters. The van der Waals surface area contributed by atoms with Crippen LogP contribution in [0.25, 0.3) is 0 Å². The summed E-state index contributed by atoms with van der Waals surface area (Å²) in [6.07, 6.45) is 19.9. The zero-order valence-corrected chi connectivity index (χ0v) is 17.0. The van der Waals surface area contributed by atoms with Gasteiger partial charge in [0.2, 0.25) is 0 Å². The van der Waals surface area contributed by atoms with Crippen LogP contribution in [-0.4, -0.2) is 5.97 Å². The zero-order chi connectivity index (χ0) is 14.9. The van der Waals surface area contributed by atoms with Gasteiger partial charge in [-0.1, -0.05) is 96.8 Å². The second kappa shape index (κ2) is 23.6. The SMILES string of the molecule is CCCCCCCCCCCCCCCCCC(=O)[O-].[O-2].[Zr+3]. The third-order valence-corrected chi connectivity index (χ3v) is 3.98. The van der Waals surface area contributed by atoms with Crippen LogP contribution in [-0.2, 0) is 36.5 Å². The molecule has 0 fully saturated rings. The third kappa shape index (κ3) is 25.3. The summed E-state index contributed by atoms with van der Waals surface area (Å²) in [5.41, 5.74) is 0. The van der Waals surface area contributed by atoms with Crippen LogP contribution in [0.3, 0.4) is 0 Å². The van der Waals surface area contributed by atoms with Gasteiger partial charge in [0.05, 0.1) is 0 Å². The van der Waals surface area contributed by atoms with E-state index in [0.29, 0.717) is 0 Å². The molecular formula is C18H35O3Zr. The average molecular weight is 391 g/mol. The molecule has 0 aromatic heterocycles. The quantitative estimate of drug-likeness (QED) is 0.353. The van der Waals surface area contributed by atoms with Crippen LogP contribution < -0.4 is 5.11 Å². The summed E-state index contributed by atoms with van der Waals surface area (Å²) in [5.74, 6) is -0.903. The number of carbonyl (C=O) groups is 1. The van der Waals surface area contributed by atoms with Crippen molar-refractivity contribution in [2.75, 3.05) is 0 Å². The Morgan fingerprint density at radius 2 is 0.909 bits per heavy atom. The van der Waals surface area contributed by atoms with Crippen molar-refractivity contribution >= 4 is 5.97 Å². The summed E-state index contributed by atoms with van der Waals surface area (Å²) in [6.45, 7) is 2.27. The summed E-state index contributed by atoms with van der Waals surface area (Å²) in [4.78, 5) is 10.2. The maximum Gasteiger partial charge on any atom is 3.00 e. The Hall–Kier alpha value is 0.313. The first-order valence-electron chi connectivity index (χ1n) is 8.97. The molecule has 3 nitrogen and oxygen atoms in total. The predicted molar refractivity (Wildman–Crippen MR) is 85.2 cm³/mol. The van der Waals surface area contributed by atoms with Gasteiger partial charge in [0.25, 0.3) is 0 Å². The molecule has 0 N–H and O–H groups in total. The number of carboxylic acid groups (broad SMARTS) is 1. The molecule has 0 aliphatic rings. The maximum atomic E-state index is 10.2. The van der Waals surface area contributed by atoms with Crippen LogP contribution in [0.1, 0.15) is 110 Å². The van der Waals surface area contributed by atoms with Gasteiger partial charge in [-0.15, -0.1) is 0 Å².